The zero-order valence-corrected chi connectivity index (χ0v) is 17.2. The molecular weight excluding hydrogens is 300 g/mol. The number of rotatable bonds is 8. The van der Waals surface area contributed by atoms with Crippen LogP contribution in [0.5, 0.6) is 0 Å². The highest BCUT2D eigenvalue weighted by Crippen LogP contribution is 2.37. The van der Waals surface area contributed by atoms with Gasteiger partial charge < -0.3 is 5.32 Å². The lowest BCUT2D eigenvalue weighted by atomic mass is 9.72. The molecule has 0 aliphatic rings. The van der Waals surface area contributed by atoms with E-state index in [4.69, 9.17) is 0 Å². The fourth-order valence-electron chi connectivity index (χ4n) is 3.44. The summed E-state index contributed by atoms with van der Waals surface area (Å²) in [6.45, 7) is 18.7. The number of aromatic nitrogens is 3. The number of hydrogen-bond donors (Lipinski definition) is 1. The summed E-state index contributed by atoms with van der Waals surface area (Å²) < 4.78 is 1.96. The number of Topliss-reactive ketones (excluding diaryl/α,β-unsaturated/α-hetero) is 1. The van der Waals surface area contributed by atoms with Crippen LogP contribution >= 0.6 is 0 Å². The summed E-state index contributed by atoms with van der Waals surface area (Å²) in [5, 5.41) is 12.2. The van der Waals surface area contributed by atoms with Gasteiger partial charge in [0.15, 0.2) is 0 Å². The summed E-state index contributed by atoms with van der Waals surface area (Å²) >= 11 is 0. The third kappa shape index (κ3) is 4.88. The van der Waals surface area contributed by atoms with E-state index in [9.17, 15) is 4.79 Å². The van der Waals surface area contributed by atoms with E-state index in [-0.39, 0.29) is 27.7 Å². The van der Waals surface area contributed by atoms with Gasteiger partial charge in [-0.3, -0.25) is 4.79 Å². The van der Waals surface area contributed by atoms with Crippen molar-refractivity contribution in [1.82, 2.24) is 20.3 Å². The SMILES string of the molecule is CNC(C)(C)CC(C)(C)n1cc(C(C)(C)CC(C)(C)C(C)=O)nn1. The molecule has 0 aromatic carbocycles. The van der Waals surface area contributed by atoms with Crippen molar-refractivity contribution in [2.45, 2.75) is 91.6 Å². The Labute approximate surface area is 147 Å². The number of hydrogen-bond acceptors (Lipinski definition) is 4. The van der Waals surface area contributed by atoms with Crippen LogP contribution in [-0.2, 0) is 15.7 Å². The fraction of sp³-hybridized carbons (Fsp3) is 0.842. The van der Waals surface area contributed by atoms with Crippen molar-refractivity contribution >= 4 is 5.78 Å². The van der Waals surface area contributed by atoms with Gasteiger partial charge >= 0.3 is 0 Å². The van der Waals surface area contributed by atoms with E-state index >= 15 is 0 Å². The third-order valence-corrected chi connectivity index (χ3v) is 5.20. The Hall–Kier alpha value is -1.23. The lowest BCUT2D eigenvalue weighted by Gasteiger charge is -2.35. The maximum absolute atomic E-state index is 11.9. The topological polar surface area (TPSA) is 59.8 Å². The van der Waals surface area contributed by atoms with Gasteiger partial charge in [-0.25, -0.2) is 4.68 Å². The van der Waals surface area contributed by atoms with E-state index in [0.29, 0.717) is 0 Å². The van der Waals surface area contributed by atoms with Gasteiger partial charge in [0, 0.05) is 22.6 Å². The van der Waals surface area contributed by atoms with E-state index in [1.165, 1.54) is 0 Å². The summed E-state index contributed by atoms with van der Waals surface area (Å²) in [5.74, 6) is 0.207. The zero-order valence-electron chi connectivity index (χ0n) is 17.2. The first-order chi connectivity index (χ1) is 10.6. The number of carbonyl (C=O) groups is 1. The van der Waals surface area contributed by atoms with Crippen LogP contribution in [0.25, 0.3) is 0 Å². The quantitative estimate of drug-likeness (QED) is 0.786. The average Bonchev–Trinajstić information content (AvgIpc) is 2.87. The largest absolute Gasteiger partial charge is 0.315 e. The van der Waals surface area contributed by atoms with Crippen LogP contribution in [0.15, 0.2) is 6.20 Å². The maximum Gasteiger partial charge on any atom is 0.135 e. The average molecular weight is 337 g/mol. The van der Waals surface area contributed by atoms with Gasteiger partial charge in [0.1, 0.15) is 5.78 Å². The molecule has 1 N–H and O–H groups in total. The second kappa shape index (κ2) is 6.58. The van der Waals surface area contributed by atoms with Crippen LogP contribution in [0, 0.1) is 5.41 Å². The molecule has 0 radical (unpaired) electrons. The van der Waals surface area contributed by atoms with Crippen molar-refractivity contribution in [2.24, 2.45) is 5.41 Å². The lowest BCUT2D eigenvalue weighted by molar-refractivity contribution is -0.125. The van der Waals surface area contributed by atoms with Crippen molar-refractivity contribution in [3.63, 3.8) is 0 Å². The molecule has 0 saturated carbocycles. The molecule has 0 aliphatic carbocycles. The van der Waals surface area contributed by atoms with Crippen molar-refractivity contribution in [3.8, 4) is 0 Å². The molecule has 138 valence electrons. The fourth-order valence-corrected chi connectivity index (χ4v) is 3.44. The summed E-state index contributed by atoms with van der Waals surface area (Å²) in [6, 6.07) is 0. The highest BCUT2D eigenvalue weighted by atomic mass is 16.1. The second-order valence-electron chi connectivity index (χ2n) is 9.67. The first-order valence-electron chi connectivity index (χ1n) is 8.76. The molecular formula is C19H36N4O. The highest BCUT2D eigenvalue weighted by Gasteiger charge is 2.37. The van der Waals surface area contributed by atoms with E-state index in [2.05, 4.69) is 57.2 Å². The van der Waals surface area contributed by atoms with Crippen LogP contribution < -0.4 is 5.32 Å². The zero-order chi connectivity index (χ0) is 19.0. The maximum atomic E-state index is 11.9. The van der Waals surface area contributed by atoms with Crippen LogP contribution in [-0.4, -0.2) is 33.4 Å². The number of carbonyl (C=O) groups excluding carboxylic acids is 1. The molecule has 1 aromatic rings. The van der Waals surface area contributed by atoms with Crippen molar-refractivity contribution < 1.29 is 4.79 Å². The molecule has 5 nitrogen and oxygen atoms in total. The van der Waals surface area contributed by atoms with Crippen LogP contribution in [0.3, 0.4) is 0 Å². The van der Waals surface area contributed by atoms with Crippen molar-refractivity contribution in [2.75, 3.05) is 7.05 Å². The van der Waals surface area contributed by atoms with Gasteiger partial charge in [0.2, 0.25) is 0 Å². The van der Waals surface area contributed by atoms with Crippen LogP contribution in [0.4, 0.5) is 0 Å². The molecule has 0 bridgehead atoms. The monoisotopic (exact) mass is 336 g/mol. The summed E-state index contributed by atoms with van der Waals surface area (Å²) in [5.41, 5.74) is 0.233. The Morgan fingerprint density at radius 1 is 1.08 bits per heavy atom. The first kappa shape index (κ1) is 20.8. The molecule has 0 unspecified atom stereocenters. The van der Waals surface area contributed by atoms with Crippen molar-refractivity contribution in [3.05, 3.63) is 11.9 Å². The second-order valence-corrected chi connectivity index (χ2v) is 9.67. The van der Waals surface area contributed by atoms with Gasteiger partial charge in [0.25, 0.3) is 0 Å². The van der Waals surface area contributed by atoms with Gasteiger partial charge in [-0.15, -0.1) is 5.10 Å². The normalized spacial score (nSPS) is 14.1. The Morgan fingerprint density at radius 2 is 1.62 bits per heavy atom. The summed E-state index contributed by atoms with van der Waals surface area (Å²) in [4.78, 5) is 11.9. The Balaban J connectivity index is 3.05. The number of nitrogens with one attached hydrogen (secondary N) is 1. The van der Waals surface area contributed by atoms with Gasteiger partial charge in [-0.2, -0.15) is 0 Å². The van der Waals surface area contributed by atoms with E-state index in [1.807, 2.05) is 31.8 Å². The molecule has 0 fully saturated rings. The summed E-state index contributed by atoms with van der Waals surface area (Å²) in [7, 11) is 1.98. The van der Waals surface area contributed by atoms with E-state index in [0.717, 1.165) is 18.5 Å². The molecule has 1 rings (SSSR count). The molecule has 5 heteroatoms. The first-order valence-corrected chi connectivity index (χ1v) is 8.76. The highest BCUT2D eigenvalue weighted by molar-refractivity contribution is 5.81. The molecule has 0 atom stereocenters. The van der Waals surface area contributed by atoms with Crippen LogP contribution in [0.2, 0.25) is 0 Å². The Bertz CT molecular complexity index is 582. The van der Waals surface area contributed by atoms with Gasteiger partial charge in [-0.1, -0.05) is 32.9 Å². The van der Waals surface area contributed by atoms with E-state index in [1.54, 1.807) is 6.92 Å². The minimum Gasteiger partial charge on any atom is -0.315 e. The number of ketones is 1. The minimum absolute atomic E-state index is 0.0156. The molecule has 0 spiro atoms. The lowest BCUT2D eigenvalue weighted by Crippen LogP contribution is -2.44. The number of nitrogens with zero attached hydrogens (tertiary/aromatic N) is 3. The summed E-state index contributed by atoms with van der Waals surface area (Å²) in [6.07, 6.45) is 3.72. The smallest absolute Gasteiger partial charge is 0.135 e. The Morgan fingerprint density at radius 3 is 2.08 bits per heavy atom. The molecule has 0 aliphatic heterocycles. The molecule has 1 aromatic heterocycles. The minimum atomic E-state index is -0.364. The molecule has 1 heterocycles. The Kier molecular flexibility index (Phi) is 5.71. The predicted octanol–water partition coefficient (Wildman–Crippen LogP) is 3.68. The molecule has 24 heavy (non-hydrogen) atoms. The van der Waals surface area contributed by atoms with Gasteiger partial charge in [-0.05, 0) is 54.5 Å². The third-order valence-electron chi connectivity index (χ3n) is 5.20. The van der Waals surface area contributed by atoms with Gasteiger partial charge in [0.05, 0.1) is 11.2 Å². The van der Waals surface area contributed by atoms with Crippen LogP contribution in [0.1, 0.15) is 80.8 Å². The standard InChI is InChI=1S/C19H36N4O/c1-14(24)16(2,3)12-17(4,5)15-11-23(22-21-15)19(8,9)13-18(6,7)20-10/h11,20H,12-13H2,1-10H3. The molecule has 0 saturated heterocycles. The van der Waals surface area contributed by atoms with E-state index < -0.39 is 0 Å². The van der Waals surface area contributed by atoms with Crippen molar-refractivity contribution in [1.29, 1.82) is 0 Å². The molecule has 0 amide bonds. The predicted molar refractivity (Wildman–Crippen MR) is 99.2 cm³/mol.